The molecule has 0 atom stereocenters. The molecular weight excluding hydrogens is 194 g/mol. The van der Waals surface area contributed by atoms with Crippen molar-refractivity contribution < 1.29 is 0 Å². The maximum Gasteiger partial charge on any atom is 0.0762 e. The first-order valence-corrected chi connectivity index (χ1v) is 6.26. The van der Waals surface area contributed by atoms with Crippen LogP contribution in [0.2, 0.25) is 0 Å². The highest BCUT2D eigenvalue weighted by atomic mass is 32.2. The first-order valence-electron chi connectivity index (χ1n) is 5.11. The SMILES string of the molecule is CC(C)n1ccc(CNC2CSC2)n1. The zero-order valence-corrected chi connectivity index (χ0v) is 9.55. The molecule has 1 aromatic rings. The van der Waals surface area contributed by atoms with Crippen molar-refractivity contribution in [2.75, 3.05) is 11.5 Å². The summed E-state index contributed by atoms with van der Waals surface area (Å²) in [5.41, 5.74) is 1.15. The number of hydrogen-bond donors (Lipinski definition) is 1. The monoisotopic (exact) mass is 211 g/mol. The average Bonchev–Trinajstić information content (AvgIpc) is 2.50. The Labute approximate surface area is 89.3 Å². The Balaban J connectivity index is 1.83. The number of aromatic nitrogens is 2. The highest BCUT2D eigenvalue weighted by Crippen LogP contribution is 2.17. The van der Waals surface area contributed by atoms with Gasteiger partial charge in [-0.2, -0.15) is 16.9 Å². The summed E-state index contributed by atoms with van der Waals surface area (Å²) in [6, 6.07) is 3.27. The number of rotatable bonds is 4. The molecule has 0 bridgehead atoms. The van der Waals surface area contributed by atoms with Crippen molar-refractivity contribution in [2.45, 2.75) is 32.5 Å². The van der Waals surface area contributed by atoms with E-state index in [-0.39, 0.29) is 0 Å². The van der Waals surface area contributed by atoms with Gasteiger partial charge >= 0.3 is 0 Å². The van der Waals surface area contributed by atoms with E-state index in [1.54, 1.807) is 0 Å². The van der Waals surface area contributed by atoms with E-state index in [1.807, 2.05) is 16.4 Å². The van der Waals surface area contributed by atoms with Crippen LogP contribution in [-0.4, -0.2) is 27.3 Å². The number of hydrogen-bond acceptors (Lipinski definition) is 3. The number of nitrogens with zero attached hydrogens (tertiary/aromatic N) is 2. The Morgan fingerprint density at radius 3 is 2.93 bits per heavy atom. The Kier molecular flexibility index (Phi) is 3.13. The smallest absolute Gasteiger partial charge is 0.0762 e. The van der Waals surface area contributed by atoms with Crippen LogP contribution in [-0.2, 0) is 6.54 Å². The summed E-state index contributed by atoms with van der Waals surface area (Å²) in [6.07, 6.45) is 2.05. The molecule has 0 unspecified atom stereocenters. The van der Waals surface area contributed by atoms with Crippen molar-refractivity contribution in [3.63, 3.8) is 0 Å². The van der Waals surface area contributed by atoms with Gasteiger partial charge in [0, 0.05) is 36.3 Å². The average molecular weight is 211 g/mol. The molecule has 4 heteroatoms. The Hall–Kier alpha value is -0.480. The zero-order chi connectivity index (χ0) is 9.97. The first kappa shape index (κ1) is 10.1. The van der Waals surface area contributed by atoms with Crippen molar-refractivity contribution in [1.82, 2.24) is 15.1 Å². The van der Waals surface area contributed by atoms with Crippen LogP contribution in [0.1, 0.15) is 25.6 Å². The Morgan fingerprint density at radius 2 is 2.43 bits per heavy atom. The lowest BCUT2D eigenvalue weighted by Crippen LogP contribution is -2.39. The molecule has 0 aliphatic carbocycles. The fraction of sp³-hybridized carbons (Fsp3) is 0.700. The minimum absolute atomic E-state index is 0.461. The van der Waals surface area contributed by atoms with Gasteiger partial charge in [0.05, 0.1) is 5.69 Å². The Morgan fingerprint density at radius 1 is 1.64 bits per heavy atom. The van der Waals surface area contributed by atoms with Crippen molar-refractivity contribution >= 4 is 11.8 Å². The second-order valence-electron chi connectivity index (χ2n) is 4.00. The molecule has 1 N–H and O–H groups in total. The van der Waals surface area contributed by atoms with Crippen LogP contribution in [0.15, 0.2) is 12.3 Å². The molecular formula is C10H17N3S. The van der Waals surface area contributed by atoms with E-state index in [0.29, 0.717) is 12.1 Å². The topological polar surface area (TPSA) is 29.9 Å². The maximum absolute atomic E-state index is 4.49. The van der Waals surface area contributed by atoms with Crippen LogP contribution in [0.25, 0.3) is 0 Å². The summed E-state index contributed by atoms with van der Waals surface area (Å²) in [6.45, 7) is 5.20. The van der Waals surface area contributed by atoms with Gasteiger partial charge < -0.3 is 5.32 Å². The van der Waals surface area contributed by atoms with Gasteiger partial charge in [0.1, 0.15) is 0 Å². The number of nitrogens with one attached hydrogen (secondary N) is 1. The molecule has 0 spiro atoms. The lowest BCUT2D eigenvalue weighted by Gasteiger charge is -2.25. The molecule has 2 heterocycles. The van der Waals surface area contributed by atoms with Gasteiger partial charge in [-0.25, -0.2) is 0 Å². The van der Waals surface area contributed by atoms with E-state index < -0.39 is 0 Å². The molecule has 1 aliphatic rings. The van der Waals surface area contributed by atoms with E-state index >= 15 is 0 Å². The van der Waals surface area contributed by atoms with Crippen LogP contribution in [0.4, 0.5) is 0 Å². The largest absolute Gasteiger partial charge is 0.307 e. The summed E-state index contributed by atoms with van der Waals surface area (Å²) < 4.78 is 2.01. The van der Waals surface area contributed by atoms with E-state index in [0.717, 1.165) is 12.2 Å². The van der Waals surface area contributed by atoms with E-state index in [2.05, 4.69) is 36.5 Å². The molecule has 78 valence electrons. The van der Waals surface area contributed by atoms with Crippen LogP contribution in [0.5, 0.6) is 0 Å². The summed E-state index contributed by atoms with van der Waals surface area (Å²) >= 11 is 2.00. The summed E-state index contributed by atoms with van der Waals surface area (Å²) in [4.78, 5) is 0. The molecule has 0 saturated carbocycles. The molecule has 1 aliphatic heterocycles. The molecule has 1 fully saturated rings. The van der Waals surface area contributed by atoms with Crippen LogP contribution in [0, 0.1) is 0 Å². The van der Waals surface area contributed by atoms with Gasteiger partial charge in [0.2, 0.25) is 0 Å². The second-order valence-corrected chi connectivity index (χ2v) is 5.07. The molecule has 14 heavy (non-hydrogen) atoms. The fourth-order valence-corrected chi connectivity index (χ4v) is 2.07. The predicted octanol–water partition coefficient (Wildman–Crippen LogP) is 1.67. The van der Waals surface area contributed by atoms with Crippen molar-refractivity contribution in [3.05, 3.63) is 18.0 Å². The van der Waals surface area contributed by atoms with Crippen molar-refractivity contribution in [1.29, 1.82) is 0 Å². The first-order chi connectivity index (χ1) is 6.75. The van der Waals surface area contributed by atoms with Gasteiger partial charge in [0.25, 0.3) is 0 Å². The lowest BCUT2D eigenvalue weighted by atomic mass is 10.3. The zero-order valence-electron chi connectivity index (χ0n) is 8.73. The van der Waals surface area contributed by atoms with Crippen molar-refractivity contribution in [3.8, 4) is 0 Å². The fourth-order valence-electron chi connectivity index (χ4n) is 1.36. The molecule has 1 aromatic heterocycles. The van der Waals surface area contributed by atoms with Gasteiger partial charge in [-0.15, -0.1) is 0 Å². The highest BCUT2D eigenvalue weighted by molar-refractivity contribution is 8.00. The van der Waals surface area contributed by atoms with Gasteiger partial charge in [0.15, 0.2) is 0 Å². The molecule has 1 saturated heterocycles. The molecule has 0 aromatic carbocycles. The van der Waals surface area contributed by atoms with E-state index in [4.69, 9.17) is 0 Å². The molecule has 2 rings (SSSR count). The third-order valence-electron chi connectivity index (χ3n) is 2.40. The standard InChI is InChI=1S/C10H17N3S/c1-8(2)13-4-3-9(12-13)5-11-10-6-14-7-10/h3-4,8,10-11H,5-7H2,1-2H3. The van der Waals surface area contributed by atoms with Crippen LogP contribution >= 0.6 is 11.8 Å². The van der Waals surface area contributed by atoms with Gasteiger partial charge in [-0.05, 0) is 19.9 Å². The predicted molar refractivity (Wildman–Crippen MR) is 60.6 cm³/mol. The normalized spacial score (nSPS) is 17.4. The Bertz CT molecular complexity index is 291. The minimum atomic E-state index is 0.461. The number of thioether (sulfide) groups is 1. The highest BCUT2D eigenvalue weighted by Gasteiger charge is 2.17. The molecule has 0 radical (unpaired) electrons. The van der Waals surface area contributed by atoms with Crippen LogP contribution < -0.4 is 5.32 Å². The van der Waals surface area contributed by atoms with Crippen LogP contribution in [0.3, 0.4) is 0 Å². The quantitative estimate of drug-likeness (QED) is 0.821. The van der Waals surface area contributed by atoms with Crippen molar-refractivity contribution in [2.24, 2.45) is 0 Å². The van der Waals surface area contributed by atoms with E-state index in [1.165, 1.54) is 11.5 Å². The maximum atomic E-state index is 4.49. The van der Waals surface area contributed by atoms with Gasteiger partial charge in [-0.1, -0.05) is 0 Å². The third-order valence-corrected chi connectivity index (χ3v) is 3.68. The molecule has 3 nitrogen and oxygen atoms in total. The molecule has 0 amide bonds. The minimum Gasteiger partial charge on any atom is -0.307 e. The van der Waals surface area contributed by atoms with Gasteiger partial charge in [-0.3, -0.25) is 4.68 Å². The third kappa shape index (κ3) is 2.30. The van der Waals surface area contributed by atoms with E-state index in [9.17, 15) is 0 Å². The summed E-state index contributed by atoms with van der Waals surface area (Å²) in [7, 11) is 0. The lowest BCUT2D eigenvalue weighted by molar-refractivity contribution is 0.514. The second kappa shape index (κ2) is 4.36. The summed E-state index contributed by atoms with van der Waals surface area (Å²) in [5.74, 6) is 2.51. The summed E-state index contributed by atoms with van der Waals surface area (Å²) in [5, 5.41) is 7.98.